The zero-order valence-electron chi connectivity index (χ0n) is 9.62. The summed E-state index contributed by atoms with van der Waals surface area (Å²) in [5.74, 6) is -0.323. The van der Waals surface area contributed by atoms with E-state index in [1.54, 1.807) is 0 Å². The summed E-state index contributed by atoms with van der Waals surface area (Å²) in [5, 5.41) is 9.75. The van der Waals surface area contributed by atoms with Crippen LogP contribution in [0.15, 0.2) is 4.34 Å². The molecule has 0 saturated carbocycles. The average Bonchev–Trinajstić information content (AvgIpc) is 2.78. The van der Waals surface area contributed by atoms with E-state index in [1.165, 1.54) is 11.2 Å². The fourth-order valence-electron chi connectivity index (χ4n) is 1.39. The minimum Gasteiger partial charge on any atom is -0.365 e. The third-order valence-corrected chi connectivity index (χ3v) is 5.19. The lowest BCUT2D eigenvalue weighted by Gasteiger charge is -2.24. The monoisotopic (exact) mass is 292 g/mol. The Kier molecular flexibility index (Phi) is 3.90. The molecular weight excluding hydrogens is 280 g/mol. The number of anilines is 1. The van der Waals surface area contributed by atoms with Crippen LogP contribution in [0.2, 0.25) is 0 Å². The van der Waals surface area contributed by atoms with Crippen molar-refractivity contribution in [1.29, 1.82) is 0 Å². The van der Waals surface area contributed by atoms with Crippen molar-refractivity contribution in [1.82, 2.24) is 14.5 Å². The summed E-state index contributed by atoms with van der Waals surface area (Å²) in [7, 11) is -3.68. The van der Waals surface area contributed by atoms with E-state index in [0.717, 1.165) is 11.3 Å². The smallest absolute Gasteiger partial charge is 0.274 e. The molecule has 18 heavy (non-hydrogen) atoms. The van der Waals surface area contributed by atoms with Gasteiger partial charge in [-0.25, -0.2) is 8.42 Å². The van der Waals surface area contributed by atoms with Crippen LogP contribution < -0.4 is 5.32 Å². The first kappa shape index (κ1) is 13.3. The van der Waals surface area contributed by atoms with Gasteiger partial charge in [0.15, 0.2) is 0 Å². The van der Waals surface area contributed by atoms with Crippen molar-refractivity contribution in [2.75, 3.05) is 25.2 Å². The van der Waals surface area contributed by atoms with Crippen molar-refractivity contribution in [3.05, 3.63) is 0 Å². The Morgan fingerprint density at radius 1 is 1.50 bits per heavy atom. The standard InChI is InChI=1S/C8H12N4O4S2/c1-6(13)9-7-10-11-8(17-7)18(14,15)12-3-2-4-16-5-12/h2-5H2,1H3,(H,9,10,13). The van der Waals surface area contributed by atoms with E-state index < -0.39 is 10.0 Å². The summed E-state index contributed by atoms with van der Waals surface area (Å²) in [6.07, 6.45) is 0.649. The highest BCUT2D eigenvalue weighted by Gasteiger charge is 2.30. The fraction of sp³-hybridized carbons (Fsp3) is 0.625. The second kappa shape index (κ2) is 5.26. The first-order valence-corrected chi connectivity index (χ1v) is 7.45. The van der Waals surface area contributed by atoms with Crippen LogP contribution in [0.5, 0.6) is 0 Å². The topological polar surface area (TPSA) is 101 Å². The maximum atomic E-state index is 12.1. The first-order valence-electron chi connectivity index (χ1n) is 5.19. The Morgan fingerprint density at radius 2 is 2.28 bits per heavy atom. The maximum Gasteiger partial charge on any atom is 0.274 e. The van der Waals surface area contributed by atoms with E-state index in [4.69, 9.17) is 4.74 Å². The van der Waals surface area contributed by atoms with Gasteiger partial charge in [-0.05, 0) is 6.42 Å². The van der Waals surface area contributed by atoms with E-state index in [-0.39, 0.29) is 22.1 Å². The maximum absolute atomic E-state index is 12.1. The molecule has 10 heteroatoms. The molecule has 8 nitrogen and oxygen atoms in total. The lowest BCUT2D eigenvalue weighted by molar-refractivity contribution is -0.114. The van der Waals surface area contributed by atoms with E-state index in [2.05, 4.69) is 15.5 Å². The molecule has 1 aromatic rings. The number of ether oxygens (including phenoxy) is 1. The number of amides is 1. The molecule has 1 amide bonds. The summed E-state index contributed by atoms with van der Waals surface area (Å²) in [6, 6.07) is 0. The summed E-state index contributed by atoms with van der Waals surface area (Å²) >= 11 is 0.822. The van der Waals surface area contributed by atoms with Gasteiger partial charge in [-0.3, -0.25) is 4.79 Å². The molecular formula is C8H12N4O4S2. The van der Waals surface area contributed by atoms with Crippen LogP contribution in [-0.2, 0) is 19.6 Å². The third kappa shape index (κ3) is 2.83. The van der Waals surface area contributed by atoms with Gasteiger partial charge in [-0.1, -0.05) is 11.3 Å². The van der Waals surface area contributed by atoms with Crippen LogP contribution in [0.25, 0.3) is 0 Å². The second-order valence-corrected chi connectivity index (χ2v) is 6.71. The number of nitrogens with zero attached hydrogens (tertiary/aromatic N) is 3. The summed E-state index contributed by atoms with van der Waals surface area (Å²) in [4.78, 5) is 10.8. The van der Waals surface area contributed by atoms with Crippen molar-refractivity contribution in [3.63, 3.8) is 0 Å². The molecule has 0 bridgehead atoms. The number of nitrogens with one attached hydrogen (secondary N) is 1. The first-order chi connectivity index (χ1) is 8.50. The predicted octanol–water partition coefficient (Wildman–Crippen LogP) is -0.135. The zero-order chi connectivity index (χ0) is 13.2. The van der Waals surface area contributed by atoms with Crippen molar-refractivity contribution >= 4 is 32.4 Å². The Balaban J connectivity index is 2.18. The second-order valence-electron chi connectivity index (χ2n) is 3.63. The van der Waals surface area contributed by atoms with Crippen molar-refractivity contribution in [2.45, 2.75) is 17.7 Å². The Labute approximate surface area is 108 Å². The van der Waals surface area contributed by atoms with Gasteiger partial charge >= 0.3 is 0 Å². The van der Waals surface area contributed by atoms with Gasteiger partial charge in [-0.15, -0.1) is 10.2 Å². The van der Waals surface area contributed by atoms with E-state index in [1.807, 2.05) is 0 Å². The molecule has 1 fully saturated rings. The van der Waals surface area contributed by atoms with Gasteiger partial charge in [0.2, 0.25) is 15.4 Å². The fourth-order valence-corrected chi connectivity index (χ4v) is 3.83. The number of hydrogen-bond acceptors (Lipinski definition) is 7. The van der Waals surface area contributed by atoms with Crippen LogP contribution >= 0.6 is 11.3 Å². The van der Waals surface area contributed by atoms with Gasteiger partial charge in [0.1, 0.15) is 6.73 Å². The van der Waals surface area contributed by atoms with Crippen molar-refractivity contribution in [2.24, 2.45) is 0 Å². The third-order valence-electron chi connectivity index (χ3n) is 2.18. The number of aromatic nitrogens is 2. The molecule has 1 N–H and O–H groups in total. The van der Waals surface area contributed by atoms with Crippen LogP contribution in [0.4, 0.5) is 5.13 Å². The van der Waals surface area contributed by atoms with Crippen molar-refractivity contribution < 1.29 is 17.9 Å². The van der Waals surface area contributed by atoms with E-state index >= 15 is 0 Å². The number of sulfonamides is 1. The van der Waals surface area contributed by atoms with Gasteiger partial charge < -0.3 is 10.1 Å². The lowest BCUT2D eigenvalue weighted by atomic mass is 10.4. The molecule has 1 aliphatic rings. The lowest BCUT2D eigenvalue weighted by Crippen LogP contribution is -2.38. The van der Waals surface area contributed by atoms with Crippen molar-refractivity contribution in [3.8, 4) is 0 Å². The van der Waals surface area contributed by atoms with E-state index in [9.17, 15) is 13.2 Å². The van der Waals surface area contributed by atoms with Gasteiger partial charge in [-0.2, -0.15) is 4.31 Å². The molecule has 1 aliphatic heterocycles. The largest absolute Gasteiger partial charge is 0.365 e. The average molecular weight is 292 g/mol. The number of carbonyl (C=O) groups is 1. The van der Waals surface area contributed by atoms with Gasteiger partial charge in [0.25, 0.3) is 10.0 Å². The zero-order valence-corrected chi connectivity index (χ0v) is 11.3. The minimum atomic E-state index is -3.68. The highest BCUT2D eigenvalue weighted by Crippen LogP contribution is 2.24. The Bertz CT molecular complexity index is 535. The van der Waals surface area contributed by atoms with Crippen LogP contribution in [-0.4, -0.2) is 48.7 Å². The predicted molar refractivity (Wildman–Crippen MR) is 63.5 cm³/mol. The highest BCUT2D eigenvalue weighted by atomic mass is 32.2. The molecule has 0 aromatic carbocycles. The minimum absolute atomic E-state index is 0.0252. The molecule has 2 rings (SSSR count). The molecule has 0 unspecified atom stereocenters. The molecule has 2 heterocycles. The number of carbonyl (C=O) groups excluding carboxylic acids is 1. The molecule has 0 aliphatic carbocycles. The summed E-state index contributed by atoms with van der Waals surface area (Å²) in [6.45, 7) is 2.29. The quantitative estimate of drug-likeness (QED) is 0.778. The molecule has 0 radical (unpaired) electrons. The molecule has 1 saturated heterocycles. The summed E-state index contributed by atoms with van der Waals surface area (Å²) in [5.41, 5.74) is 0. The van der Waals surface area contributed by atoms with Crippen LogP contribution in [0.3, 0.4) is 0 Å². The van der Waals surface area contributed by atoms with Crippen LogP contribution in [0.1, 0.15) is 13.3 Å². The summed E-state index contributed by atoms with van der Waals surface area (Å²) < 4.78 is 30.4. The molecule has 0 spiro atoms. The number of rotatable bonds is 3. The van der Waals surface area contributed by atoms with Crippen LogP contribution in [0, 0.1) is 0 Å². The number of hydrogen-bond donors (Lipinski definition) is 1. The van der Waals surface area contributed by atoms with E-state index in [0.29, 0.717) is 19.6 Å². The Morgan fingerprint density at radius 3 is 2.89 bits per heavy atom. The highest BCUT2D eigenvalue weighted by molar-refractivity contribution is 7.91. The van der Waals surface area contributed by atoms with Gasteiger partial charge in [0, 0.05) is 20.1 Å². The normalized spacial score (nSPS) is 17.6. The molecule has 0 atom stereocenters. The Hall–Kier alpha value is -1.10. The van der Waals surface area contributed by atoms with Gasteiger partial charge in [0.05, 0.1) is 0 Å². The molecule has 100 valence electrons. The molecule has 1 aromatic heterocycles. The SMILES string of the molecule is CC(=O)Nc1nnc(S(=O)(=O)N2CCCOC2)s1.